The fourth-order valence-electron chi connectivity index (χ4n) is 1.32. The molecular weight excluding hydrogens is 198 g/mol. The molecule has 2 aromatic rings. The predicted octanol–water partition coefficient (Wildman–Crippen LogP) is 2.57. The summed E-state index contributed by atoms with van der Waals surface area (Å²) in [5, 5.41) is 7.81. The molecule has 0 aliphatic rings. The van der Waals surface area contributed by atoms with Gasteiger partial charge >= 0.3 is 0 Å². The summed E-state index contributed by atoms with van der Waals surface area (Å²) in [5.74, 6) is 0.804. The van der Waals surface area contributed by atoms with Crippen LogP contribution in [0.3, 0.4) is 0 Å². The van der Waals surface area contributed by atoms with Crippen LogP contribution in [0, 0.1) is 0 Å². The van der Waals surface area contributed by atoms with Crippen LogP contribution in [0.4, 0.5) is 5.82 Å². The molecule has 0 atom stereocenters. The Morgan fingerprint density at radius 3 is 2.64 bits per heavy atom. The maximum Gasteiger partial charge on any atom is 0.148 e. The van der Waals surface area contributed by atoms with Crippen LogP contribution in [0.2, 0.25) is 5.02 Å². The van der Waals surface area contributed by atoms with Crippen LogP contribution >= 0.6 is 11.6 Å². The lowest BCUT2D eigenvalue weighted by Gasteiger charge is -2.06. The van der Waals surface area contributed by atoms with Crippen molar-refractivity contribution >= 4 is 17.4 Å². The van der Waals surface area contributed by atoms with Crippen LogP contribution in [0.5, 0.6) is 0 Å². The van der Waals surface area contributed by atoms with E-state index in [1.54, 1.807) is 10.9 Å². The third-order valence-corrected chi connectivity index (χ3v) is 2.24. The molecule has 0 unspecified atom stereocenters. The van der Waals surface area contributed by atoms with E-state index in [0.29, 0.717) is 5.02 Å². The molecule has 0 spiro atoms. The average Bonchev–Trinajstić information content (AvgIpc) is 2.61. The summed E-state index contributed by atoms with van der Waals surface area (Å²) in [6, 6.07) is 9.84. The number of nitrogens with zero attached hydrogens (tertiary/aromatic N) is 2. The Morgan fingerprint density at radius 2 is 2.00 bits per heavy atom. The van der Waals surface area contributed by atoms with E-state index in [1.807, 2.05) is 37.4 Å². The molecule has 0 radical (unpaired) electrons. The van der Waals surface area contributed by atoms with Crippen molar-refractivity contribution in [3.8, 4) is 5.69 Å². The molecule has 1 heterocycles. The van der Waals surface area contributed by atoms with Gasteiger partial charge < -0.3 is 5.32 Å². The molecular formula is C10H10ClN3. The molecule has 72 valence electrons. The predicted molar refractivity (Wildman–Crippen MR) is 58.1 cm³/mol. The Balaban J connectivity index is 2.52. The van der Waals surface area contributed by atoms with Crippen molar-refractivity contribution in [3.63, 3.8) is 0 Å². The highest BCUT2D eigenvalue weighted by Crippen LogP contribution is 2.23. The minimum Gasteiger partial charge on any atom is -0.372 e. The Hall–Kier alpha value is -1.48. The summed E-state index contributed by atoms with van der Waals surface area (Å²) in [6.45, 7) is 0. The van der Waals surface area contributed by atoms with Gasteiger partial charge in [-0.2, -0.15) is 5.10 Å². The van der Waals surface area contributed by atoms with Gasteiger partial charge in [0.2, 0.25) is 0 Å². The Labute approximate surface area is 87.3 Å². The van der Waals surface area contributed by atoms with Crippen LogP contribution in [-0.4, -0.2) is 16.8 Å². The largest absolute Gasteiger partial charge is 0.372 e. The van der Waals surface area contributed by atoms with E-state index >= 15 is 0 Å². The van der Waals surface area contributed by atoms with E-state index in [9.17, 15) is 0 Å². The smallest absolute Gasteiger partial charge is 0.148 e. The zero-order valence-corrected chi connectivity index (χ0v) is 8.49. The number of hydrogen-bond donors (Lipinski definition) is 1. The van der Waals surface area contributed by atoms with Crippen LogP contribution in [0.15, 0.2) is 36.5 Å². The fourth-order valence-corrected chi connectivity index (χ4v) is 1.54. The van der Waals surface area contributed by atoms with Crippen LogP contribution in [0.1, 0.15) is 0 Å². The Kier molecular flexibility index (Phi) is 2.41. The van der Waals surface area contributed by atoms with Gasteiger partial charge in [-0.1, -0.05) is 29.8 Å². The van der Waals surface area contributed by atoms with Crippen molar-refractivity contribution in [1.29, 1.82) is 0 Å². The molecule has 3 nitrogen and oxygen atoms in total. The molecule has 0 saturated heterocycles. The van der Waals surface area contributed by atoms with Crippen molar-refractivity contribution in [2.45, 2.75) is 0 Å². The molecule has 1 N–H and O–H groups in total. The van der Waals surface area contributed by atoms with Gasteiger partial charge in [0.15, 0.2) is 0 Å². The Morgan fingerprint density at radius 1 is 1.29 bits per heavy atom. The second kappa shape index (κ2) is 3.72. The molecule has 0 aliphatic heterocycles. The lowest BCUT2D eigenvalue weighted by atomic mass is 10.3. The van der Waals surface area contributed by atoms with E-state index in [4.69, 9.17) is 11.6 Å². The first-order valence-electron chi connectivity index (χ1n) is 4.29. The highest BCUT2D eigenvalue weighted by Gasteiger charge is 2.07. The van der Waals surface area contributed by atoms with Gasteiger partial charge in [0.05, 0.1) is 11.9 Å². The number of halogens is 1. The molecule has 14 heavy (non-hydrogen) atoms. The van der Waals surface area contributed by atoms with Gasteiger partial charge in [0.25, 0.3) is 0 Å². The normalized spacial score (nSPS) is 10.1. The van der Waals surface area contributed by atoms with Crippen molar-refractivity contribution in [2.24, 2.45) is 0 Å². The summed E-state index contributed by atoms with van der Waals surface area (Å²) < 4.78 is 1.77. The lowest BCUT2D eigenvalue weighted by molar-refractivity contribution is 0.885. The number of anilines is 1. The maximum absolute atomic E-state index is 5.95. The van der Waals surface area contributed by atoms with Gasteiger partial charge in [0, 0.05) is 7.05 Å². The van der Waals surface area contributed by atoms with Crippen molar-refractivity contribution in [1.82, 2.24) is 9.78 Å². The topological polar surface area (TPSA) is 29.9 Å². The summed E-state index contributed by atoms with van der Waals surface area (Å²) >= 11 is 5.95. The van der Waals surface area contributed by atoms with E-state index in [-0.39, 0.29) is 0 Å². The van der Waals surface area contributed by atoms with E-state index in [1.165, 1.54) is 0 Å². The highest BCUT2D eigenvalue weighted by atomic mass is 35.5. The number of benzene rings is 1. The Bertz CT molecular complexity index is 422. The molecule has 0 amide bonds. The van der Waals surface area contributed by atoms with Gasteiger partial charge in [0.1, 0.15) is 10.8 Å². The highest BCUT2D eigenvalue weighted by molar-refractivity contribution is 6.32. The first kappa shape index (κ1) is 9.09. The molecule has 0 saturated carbocycles. The fraction of sp³-hybridized carbons (Fsp3) is 0.100. The van der Waals surface area contributed by atoms with Crippen molar-refractivity contribution in [2.75, 3.05) is 12.4 Å². The summed E-state index contributed by atoms with van der Waals surface area (Å²) in [7, 11) is 1.82. The van der Waals surface area contributed by atoms with E-state index in [0.717, 1.165) is 11.5 Å². The zero-order valence-electron chi connectivity index (χ0n) is 7.74. The van der Waals surface area contributed by atoms with Gasteiger partial charge in [-0.25, -0.2) is 4.68 Å². The lowest BCUT2D eigenvalue weighted by Crippen LogP contribution is -2.01. The van der Waals surface area contributed by atoms with Gasteiger partial charge in [-0.3, -0.25) is 0 Å². The molecule has 2 rings (SSSR count). The third kappa shape index (κ3) is 1.46. The number of rotatable bonds is 2. The number of para-hydroxylation sites is 1. The molecule has 1 aromatic carbocycles. The average molecular weight is 208 g/mol. The maximum atomic E-state index is 5.95. The van der Waals surface area contributed by atoms with E-state index in [2.05, 4.69) is 10.4 Å². The van der Waals surface area contributed by atoms with Crippen LogP contribution in [-0.2, 0) is 0 Å². The number of nitrogens with one attached hydrogen (secondary N) is 1. The van der Waals surface area contributed by atoms with Gasteiger partial charge in [-0.05, 0) is 12.1 Å². The monoisotopic (exact) mass is 207 g/mol. The first-order chi connectivity index (χ1) is 6.83. The summed E-state index contributed by atoms with van der Waals surface area (Å²) in [4.78, 5) is 0. The second-order valence-corrected chi connectivity index (χ2v) is 3.25. The van der Waals surface area contributed by atoms with Crippen LogP contribution < -0.4 is 5.32 Å². The molecule has 0 bridgehead atoms. The minimum atomic E-state index is 0.622. The molecule has 0 aliphatic carbocycles. The summed E-state index contributed by atoms with van der Waals surface area (Å²) in [5.41, 5.74) is 0.990. The molecule has 0 fully saturated rings. The quantitative estimate of drug-likeness (QED) is 0.821. The van der Waals surface area contributed by atoms with E-state index < -0.39 is 0 Å². The second-order valence-electron chi connectivity index (χ2n) is 2.84. The SMILES string of the molecule is CNc1c(Cl)cnn1-c1ccccc1. The third-order valence-electron chi connectivity index (χ3n) is 1.96. The van der Waals surface area contributed by atoms with Crippen LogP contribution in [0.25, 0.3) is 5.69 Å². The number of hydrogen-bond acceptors (Lipinski definition) is 2. The minimum absolute atomic E-state index is 0.622. The zero-order chi connectivity index (χ0) is 9.97. The van der Waals surface area contributed by atoms with Gasteiger partial charge in [-0.15, -0.1) is 0 Å². The first-order valence-corrected chi connectivity index (χ1v) is 4.67. The molecule has 1 aromatic heterocycles. The number of aromatic nitrogens is 2. The van der Waals surface area contributed by atoms with Crippen molar-refractivity contribution < 1.29 is 0 Å². The van der Waals surface area contributed by atoms with Crippen molar-refractivity contribution in [3.05, 3.63) is 41.6 Å². The molecule has 4 heteroatoms. The summed E-state index contributed by atoms with van der Waals surface area (Å²) in [6.07, 6.45) is 1.63. The standard InChI is InChI=1S/C10H10ClN3/c1-12-10-9(11)7-13-14(10)8-5-3-2-4-6-8/h2-7,12H,1H3.